The predicted molar refractivity (Wildman–Crippen MR) is 72.2 cm³/mol. The van der Waals surface area contributed by atoms with Gasteiger partial charge in [-0.25, -0.2) is 0 Å². The molecule has 0 bridgehead atoms. The van der Waals surface area contributed by atoms with Gasteiger partial charge in [0.25, 0.3) is 0 Å². The van der Waals surface area contributed by atoms with Crippen LogP contribution in [0.2, 0.25) is 0 Å². The number of rotatable bonds is 4. The number of hydrogen-bond donors (Lipinski definition) is 0. The van der Waals surface area contributed by atoms with Gasteiger partial charge in [-0.1, -0.05) is 48.5 Å². The molecule has 3 heteroatoms. The summed E-state index contributed by atoms with van der Waals surface area (Å²) in [5.74, 6) is 0. The molecule has 0 amide bonds. The highest BCUT2D eigenvalue weighted by Gasteiger charge is 2.04. The molecule has 2 aromatic carbocycles. The van der Waals surface area contributed by atoms with Gasteiger partial charge in [-0.2, -0.15) is 0 Å². The van der Waals surface area contributed by atoms with Crippen LogP contribution >= 0.6 is 0 Å². The summed E-state index contributed by atoms with van der Waals surface area (Å²) in [6, 6.07) is 16.1. The maximum Gasteiger partial charge on any atom is 0.207 e. The number of nitrogens with zero attached hydrogens (tertiary/aromatic N) is 1. The van der Waals surface area contributed by atoms with Gasteiger partial charge >= 0.3 is 0 Å². The van der Waals surface area contributed by atoms with Crippen LogP contribution in [0, 0.1) is 17.0 Å². The zero-order valence-electron chi connectivity index (χ0n) is 10.3. The summed E-state index contributed by atoms with van der Waals surface area (Å²) < 4.78 is 0. The van der Waals surface area contributed by atoms with E-state index in [1.165, 1.54) is 11.1 Å². The first kappa shape index (κ1) is 12.3. The van der Waals surface area contributed by atoms with E-state index in [0.717, 1.165) is 11.1 Å². The second-order valence-corrected chi connectivity index (χ2v) is 4.32. The molecule has 0 radical (unpaired) electrons. The molecule has 0 atom stereocenters. The van der Waals surface area contributed by atoms with Crippen molar-refractivity contribution in [2.45, 2.75) is 13.3 Å². The minimum atomic E-state index is -0.277. The van der Waals surface area contributed by atoms with Gasteiger partial charge in [0.2, 0.25) is 6.54 Å². The molecule has 0 fully saturated rings. The Labute approximate surface area is 106 Å². The Hall–Kier alpha value is -2.16. The molecule has 92 valence electrons. The fourth-order valence-electron chi connectivity index (χ4n) is 2.01. The average molecular weight is 241 g/mol. The maximum absolute atomic E-state index is 10.4. The average Bonchev–Trinajstić information content (AvgIpc) is 2.37. The molecule has 2 rings (SSSR count). The van der Waals surface area contributed by atoms with Crippen LogP contribution in [0.1, 0.15) is 11.1 Å². The first-order valence-corrected chi connectivity index (χ1v) is 5.93. The van der Waals surface area contributed by atoms with Crippen LogP contribution in [-0.2, 0) is 6.42 Å². The standard InChI is InChI=1S/C15H15NO2/c1-12-5-2-3-8-15(12)14-7-4-6-13(11-14)9-10-16(17)18/h2-8,11H,9-10H2,1H3. The van der Waals surface area contributed by atoms with Crippen molar-refractivity contribution >= 4 is 0 Å². The molecule has 0 aliphatic carbocycles. The van der Waals surface area contributed by atoms with Crippen molar-refractivity contribution in [3.8, 4) is 11.1 Å². The van der Waals surface area contributed by atoms with Crippen LogP contribution in [0.15, 0.2) is 48.5 Å². The van der Waals surface area contributed by atoms with E-state index >= 15 is 0 Å². The minimum Gasteiger partial charge on any atom is -0.265 e. The number of aryl methyl sites for hydroxylation is 1. The van der Waals surface area contributed by atoms with E-state index < -0.39 is 0 Å². The molecule has 0 N–H and O–H groups in total. The fourth-order valence-corrected chi connectivity index (χ4v) is 2.01. The first-order valence-electron chi connectivity index (χ1n) is 5.93. The smallest absolute Gasteiger partial charge is 0.207 e. The summed E-state index contributed by atoms with van der Waals surface area (Å²) in [5, 5.41) is 10.4. The lowest BCUT2D eigenvalue weighted by atomic mass is 9.98. The van der Waals surface area contributed by atoms with Gasteiger partial charge in [0.05, 0.1) is 0 Å². The van der Waals surface area contributed by atoms with Gasteiger partial charge in [-0.15, -0.1) is 0 Å². The van der Waals surface area contributed by atoms with Crippen molar-refractivity contribution in [2.75, 3.05) is 6.54 Å². The van der Waals surface area contributed by atoms with Gasteiger partial charge in [0.1, 0.15) is 0 Å². The summed E-state index contributed by atoms with van der Waals surface area (Å²) in [7, 11) is 0. The van der Waals surface area contributed by atoms with E-state index in [1.54, 1.807) is 0 Å². The van der Waals surface area contributed by atoms with Crippen molar-refractivity contribution in [1.29, 1.82) is 0 Å². The summed E-state index contributed by atoms with van der Waals surface area (Å²) in [4.78, 5) is 10.1. The van der Waals surface area contributed by atoms with Crippen molar-refractivity contribution < 1.29 is 4.92 Å². The monoisotopic (exact) mass is 241 g/mol. The molecule has 0 aliphatic heterocycles. The highest BCUT2D eigenvalue weighted by molar-refractivity contribution is 5.67. The van der Waals surface area contributed by atoms with Gasteiger partial charge in [-0.3, -0.25) is 10.1 Å². The molecular formula is C15H15NO2. The lowest BCUT2D eigenvalue weighted by Crippen LogP contribution is -2.03. The largest absolute Gasteiger partial charge is 0.265 e. The summed E-state index contributed by atoms with van der Waals surface area (Å²) in [6.45, 7) is 2.05. The second-order valence-electron chi connectivity index (χ2n) is 4.32. The third-order valence-corrected chi connectivity index (χ3v) is 2.97. The quantitative estimate of drug-likeness (QED) is 0.607. The Morgan fingerprint density at radius 2 is 1.89 bits per heavy atom. The van der Waals surface area contributed by atoms with Crippen LogP contribution in [0.25, 0.3) is 11.1 Å². The minimum absolute atomic E-state index is 0.0166. The second kappa shape index (κ2) is 5.45. The summed E-state index contributed by atoms with van der Waals surface area (Å²) in [6.07, 6.45) is 0.479. The van der Waals surface area contributed by atoms with E-state index in [1.807, 2.05) is 36.4 Å². The van der Waals surface area contributed by atoms with E-state index in [4.69, 9.17) is 0 Å². The van der Waals surface area contributed by atoms with E-state index in [9.17, 15) is 10.1 Å². The highest BCUT2D eigenvalue weighted by Crippen LogP contribution is 2.23. The maximum atomic E-state index is 10.4. The molecule has 2 aromatic rings. The van der Waals surface area contributed by atoms with Crippen molar-refractivity contribution in [3.05, 3.63) is 69.8 Å². The lowest BCUT2D eigenvalue weighted by Gasteiger charge is -2.07. The third-order valence-electron chi connectivity index (χ3n) is 2.97. The molecule has 0 saturated heterocycles. The van der Waals surface area contributed by atoms with Crippen LogP contribution in [-0.4, -0.2) is 11.5 Å². The fraction of sp³-hybridized carbons (Fsp3) is 0.200. The third kappa shape index (κ3) is 2.94. The molecule has 0 spiro atoms. The molecule has 0 saturated carbocycles. The van der Waals surface area contributed by atoms with Gasteiger partial charge in [-0.05, 0) is 29.2 Å². The topological polar surface area (TPSA) is 43.1 Å². The van der Waals surface area contributed by atoms with Crippen molar-refractivity contribution in [1.82, 2.24) is 0 Å². The van der Waals surface area contributed by atoms with Crippen LogP contribution < -0.4 is 0 Å². The van der Waals surface area contributed by atoms with E-state index in [2.05, 4.69) is 19.1 Å². The van der Waals surface area contributed by atoms with Gasteiger partial charge in [0.15, 0.2) is 0 Å². The lowest BCUT2D eigenvalue weighted by molar-refractivity contribution is -0.479. The first-order chi connectivity index (χ1) is 8.66. The van der Waals surface area contributed by atoms with Gasteiger partial charge in [0, 0.05) is 11.3 Å². The Bertz CT molecular complexity index is 564. The van der Waals surface area contributed by atoms with E-state index in [-0.39, 0.29) is 11.5 Å². The van der Waals surface area contributed by atoms with Crippen molar-refractivity contribution in [3.63, 3.8) is 0 Å². The zero-order valence-corrected chi connectivity index (χ0v) is 10.3. The molecule has 0 heterocycles. The SMILES string of the molecule is Cc1ccccc1-c1cccc(CC[N+](=O)[O-])c1. The van der Waals surface area contributed by atoms with E-state index in [0.29, 0.717) is 6.42 Å². The molecule has 0 unspecified atom stereocenters. The predicted octanol–water partition coefficient (Wildman–Crippen LogP) is 3.48. The Morgan fingerprint density at radius 1 is 1.11 bits per heavy atom. The summed E-state index contributed by atoms with van der Waals surface area (Å²) >= 11 is 0. The molecular weight excluding hydrogens is 226 g/mol. The molecule has 0 aromatic heterocycles. The van der Waals surface area contributed by atoms with Crippen LogP contribution in [0.3, 0.4) is 0 Å². The Balaban J connectivity index is 2.27. The summed E-state index contributed by atoms with van der Waals surface area (Å²) in [5.41, 5.74) is 4.52. The van der Waals surface area contributed by atoms with Crippen LogP contribution in [0.5, 0.6) is 0 Å². The molecule has 0 aliphatic rings. The highest BCUT2D eigenvalue weighted by atomic mass is 16.6. The van der Waals surface area contributed by atoms with Crippen molar-refractivity contribution in [2.24, 2.45) is 0 Å². The number of benzene rings is 2. The normalized spacial score (nSPS) is 10.3. The molecule has 3 nitrogen and oxygen atoms in total. The Kier molecular flexibility index (Phi) is 3.72. The van der Waals surface area contributed by atoms with Gasteiger partial charge < -0.3 is 0 Å². The number of nitro groups is 1. The van der Waals surface area contributed by atoms with Crippen LogP contribution in [0.4, 0.5) is 0 Å². The Morgan fingerprint density at radius 3 is 2.61 bits per heavy atom. The molecule has 18 heavy (non-hydrogen) atoms. The number of hydrogen-bond acceptors (Lipinski definition) is 2. The zero-order chi connectivity index (χ0) is 13.0.